The summed E-state index contributed by atoms with van der Waals surface area (Å²) < 4.78 is 2.38. The second-order valence-corrected chi connectivity index (χ2v) is 3.57. The molecule has 14 heavy (non-hydrogen) atoms. The Bertz CT molecular complexity index is 445. The zero-order chi connectivity index (χ0) is 10.1. The maximum Gasteiger partial charge on any atom is 0.156 e. The van der Waals surface area contributed by atoms with E-state index in [1.165, 1.54) is 0 Å². The van der Waals surface area contributed by atoms with Crippen LogP contribution in [0.1, 0.15) is 0 Å². The lowest BCUT2D eigenvalue weighted by Gasteiger charge is -2.01. The summed E-state index contributed by atoms with van der Waals surface area (Å²) in [6.45, 7) is 0. The Morgan fingerprint density at radius 1 is 1.50 bits per heavy atom. The molecule has 0 amide bonds. The molecule has 0 atom stereocenters. The van der Waals surface area contributed by atoms with Crippen molar-refractivity contribution in [2.45, 2.75) is 0 Å². The molecule has 0 bridgehead atoms. The van der Waals surface area contributed by atoms with Gasteiger partial charge in [-0.15, -0.1) is 5.10 Å². The fourth-order valence-electron chi connectivity index (χ4n) is 1.23. The number of aromatic nitrogens is 4. The van der Waals surface area contributed by atoms with E-state index in [-0.39, 0.29) is 0 Å². The molecule has 2 aromatic rings. The first-order chi connectivity index (χ1) is 6.68. The van der Waals surface area contributed by atoms with E-state index in [9.17, 15) is 0 Å². The first-order valence-corrected chi connectivity index (χ1v) is 4.75. The standard InChI is InChI=1S/C8H8BrN5/c1-14-7(8(9)12-13-14)5-2-3-11-6(10)4-5/h2-4H,1H3,(H2,10,11). The molecule has 0 fully saturated rings. The largest absolute Gasteiger partial charge is 0.384 e. The fraction of sp³-hybridized carbons (Fsp3) is 0.125. The predicted molar refractivity (Wildman–Crippen MR) is 56.3 cm³/mol. The lowest BCUT2D eigenvalue weighted by molar-refractivity contribution is 0.720. The summed E-state index contributed by atoms with van der Waals surface area (Å²) in [5.41, 5.74) is 7.42. The summed E-state index contributed by atoms with van der Waals surface area (Å²) in [6, 6.07) is 3.64. The highest BCUT2D eigenvalue weighted by molar-refractivity contribution is 9.10. The van der Waals surface area contributed by atoms with Gasteiger partial charge in [-0.25, -0.2) is 9.67 Å². The molecule has 2 rings (SSSR count). The molecular formula is C8H8BrN5. The Kier molecular flexibility index (Phi) is 2.20. The van der Waals surface area contributed by atoms with Gasteiger partial charge in [-0.3, -0.25) is 0 Å². The summed E-state index contributed by atoms with van der Waals surface area (Å²) in [6.07, 6.45) is 1.66. The van der Waals surface area contributed by atoms with Gasteiger partial charge in [0, 0.05) is 18.8 Å². The summed E-state index contributed by atoms with van der Waals surface area (Å²) in [5, 5.41) is 7.77. The molecule has 0 saturated heterocycles. The van der Waals surface area contributed by atoms with Crippen molar-refractivity contribution < 1.29 is 0 Å². The normalized spacial score (nSPS) is 10.4. The Balaban J connectivity index is 2.59. The first-order valence-electron chi connectivity index (χ1n) is 3.95. The van der Waals surface area contributed by atoms with E-state index >= 15 is 0 Å². The topological polar surface area (TPSA) is 69.6 Å². The van der Waals surface area contributed by atoms with Gasteiger partial charge in [0.05, 0.1) is 0 Å². The van der Waals surface area contributed by atoms with Crippen molar-refractivity contribution in [1.82, 2.24) is 20.0 Å². The average Bonchev–Trinajstić information content (AvgIpc) is 2.46. The van der Waals surface area contributed by atoms with Crippen molar-refractivity contribution in [3.63, 3.8) is 0 Å². The highest BCUT2D eigenvalue weighted by Crippen LogP contribution is 2.25. The molecule has 0 aliphatic heterocycles. The van der Waals surface area contributed by atoms with E-state index in [4.69, 9.17) is 5.73 Å². The highest BCUT2D eigenvalue weighted by atomic mass is 79.9. The molecular weight excluding hydrogens is 246 g/mol. The number of nitrogens with zero attached hydrogens (tertiary/aromatic N) is 4. The third-order valence-corrected chi connectivity index (χ3v) is 2.37. The van der Waals surface area contributed by atoms with Crippen LogP contribution in [0.3, 0.4) is 0 Å². The van der Waals surface area contributed by atoms with Gasteiger partial charge in [-0.2, -0.15) is 0 Å². The molecule has 5 nitrogen and oxygen atoms in total. The van der Waals surface area contributed by atoms with Gasteiger partial charge < -0.3 is 5.73 Å². The fourth-order valence-corrected chi connectivity index (χ4v) is 1.79. The number of aryl methyl sites for hydroxylation is 1. The number of nitrogens with two attached hydrogens (primary N) is 1. The number of nitrogen functional groups attached to an aromatic ring is 1. The summed E-state index contributed by atoms with van der Waals surface area (Å²) in [7, 11) is 1.82. The van der Waals surface area contributed by atoms with E-state index < -0.39 is 0 Å². The van der Waals surface area contributed by atoms with Crippen molar-refractivity contribution in [3.05, 3.63) is 22.9 Å². The summed E-state index contributed by atoms with van der Waals surface area (Å²) in [5.74, 6) is 0.482. The maximum atomic E-state index is 5.59. The highest BCUT2D eigenvalue weighted by Gasteiger charge is 2.10. The van der Waals surface area contributed by atoms with Crippen LogP contribution in [-0.2, 0) is 7.05 Å². The number of rotatable bonds is 1. The molecule has 72 valence electrons. The van der Waals surface area contributed by atoms with E-state index in [0.717, 1.165) is 11.3 Å². The van der Waals surface area contributed by atoms with E-state index in [0.29, 0.717) is 10.4 Å². The van der Waals surface area contributed by atoms with Crippen LogP contribution in [0, 0.1) is 0 Å². The van der Waals surface area contributed by atoms with Gasteiger partial charge in [0.25, 0.3) is 0 Å². The van der Waals surface area contributed by atoms with Crippen LogP contribution in [0.25, 0.3) is 11.3 Å². The van der Waals surface area contributed by atoms with Gasteiger partial charge in [-0.1, -0.05) is 5.21 Å². The molecule has 0 saturated carbocycles. The molecule has 0 radical (unpaired) electrons. The summed E-state index contributed by atoms with van der Waals surface area (Å²) in [4.78, 5) is 3.92. The van der Waals surface area contributed by atoms with Gasteiger partial charge in [0.2, 0.25) is 0 Å². The van der Waals surface area contributed by atoms with Gasteiger partial charge >= 0.3 is 0 Å². The third-order valence-electron chi connectivity index (χ3n) is 1.84. The van der Waals surface area contributed by atoms with Crippen molar-refractivity contribution in [1.29, 1.82) is 0 Å². The SMILES string of the molecule is Cn1nnc(Br)c1-c1ccnc(N)c1. The Morgan fingerprint density at radius 3 is 2.86 bits per heavy atom. The molecule has 0 unspecified atom stereocenters. The number of hydrogen-bond acceptors (Lipinski definition) is 4. The van der Waals surface area contributed by atoms with Crippen LogP contribution in [0.5, 0.6) is 0 Å². The molecule has 2 heterocycles. The molecule has 0 aromatic carbocycles. The smallest absolute Gasteiger partial charge is 0.156 e. The molecule has 0 aliphatic rings. The quantitative estimate of drug-likeness (QED) is 0.830. The maximum absolute atomic E-state index is 5.59. The second-order valence-electron chi connectivity index (χ2n) is 2.82. The Hall–Kier alpha value is -1.43. The minimum Gasteiger partial charge on any atom is -0.384 e. The van der Waals surface area contributed by atoms with Crippen LogP contribution in [0.15, 0.2) is 22.9 Å². The average molecular weight is 254 g/mol. The van der Waals surface area contributed by atoms with Crippen LogP contribution >= 0.6 is 15.9 Å². The van der Waals surface area contributed by atoms with E-state index in [2.05, 4.69) is 31.2 Å². The van der Waals surface area contributed by atoms with Gasteiger partial charge in [0.1, 0.15) is 11.5 Å². The number of halogens is 1. The lowest BCUT2D eigenvalue weighted by atomic mass is 10.2. The minimum atomic E-state index is 0.482. The molecule has 2 N–H and O–H groups in total. The van der Waals surface area contributed by atoms with Crippen molar-refractivity contribution in [2.24, 2.45) is 7.05 Å². The molecule has 2 aromatic heterocycles. The van der Waals surface area contributed by atoms with Crippen LogP contribution in [-0.4, -0.2) is 20.0 Å². The van der Waals surface area contributed by atoms with Crippen LogP contribution < -0.4 is 5.73 Å². The first kappa shape index (κ1) is 9.14. The Labute approximate surface area is 89.1 Å². The lowest BCUT2D eigenvalue weighted by Crippen LogP contribution is -1.96. The number of hydrogen-bond donors (Lipinski definition) is 1. The molecule has 0 spiro atoms. The predicted octanol–water partition coefficient (Wildman–Crippen LogP) is 1.22. The van der Waals surface area contributed by atoms with Crippen molar-refractivity contribution in [2.75, 3.05) is 5.73 Å². The van der Waals surface area contributed by atoms with Crippen LogP contribution in [0.2, 0.25) is 0 Å². The van der Waals surface area contributed by atoms with E-state index in [1.54, 1.807) is 16.9 Å². The van der Waals surface area contributed by atoms with E-state index in [1.807, 2.05) is 13.1 Å². The molecule has 6 heteroatoms. The zero-order valence-electron chi connectivity index (χ0n) is 7.48. The minimum absolute atomic E-state index is 0.482. The van der Waals surface area contributed by atoms with Crippen molar-refractivity contribution >= 4 is 21.7 Å². The summed E-state index contributed by atoms with van der Waals surface area (Å²) >= 11 is 3.32. The van der Waals surface area contributed by atoms with Gasteiger partial charge in [0.15, 0.2) is 4.60 Å². The number of anilines is 1. The third kappa shape index (κ3) is 1.48. The Morgan fingerprint density at radius 2 is 2.29 bits per heavy atom. The zero-order valence-corrected chi connectivity index (χ0v) is 9.06. The second kappa shape index (κ2) is 3.38. The van der Waals surface area contributed by atoms with Crippen LogP contribution in [0.4, 0.5) is 5.82 Å². The number of pyridine rings is 1. The van der Waals surface area contributed by atoms with Gasteiger partial charge in [-0.05, 0) is 28.1 Å². The molecule has 0 aliphatic carbocycles. The monoisotopic (exact) mass is 253 g/mol. The van der Waals surface area contributed by atoms with Crippen molar-refractivity contribution in [3.8, 4) is 11.3 Å².